The zero-order valence-electron chi connectivity index (χ0n) is 26.2. The lowest BCUT2D eigenvalue weighted by molar-refractivity contribution is -0.141. The highest BCUT2D eigenvalue weighted by Crippen LogP contribution is 2.41. The van der Waals surface area contributed by atoms with E-state index in [1.54, 1.807) is 48.5 Å². The molecule has 1 aromatic heterocycles. The standard InChI is InChI=1S/C38H32F3N5O3/c39-38(40,41)34-20-33(46(44-34)28-11-5-7-24(17-28)21-42)36(47)43-27-10-6-9-26(18-27)35(45(37(48)49)22-23-15-16-23)32-19-25-8-1-2-12-29(25)30-13-3-4-14-31(30)32/h1-14,17-20,23,35H,15-16,21-22,42H2,(H,43,47)(H,48,49). The molecular weight excluding hydrogens is 631 g/mol. The molecule has 1 atom stereocenters. The Balaban J connectivity index is 1.32. The monoisotopic (exact) mass is 663 g/mol. The average molecular weight is 664 g/mol. The van der Waals surface area contributed by atoms with Crippen LogP contribution in [0.3, 0.4) is 0 Å². The number of carbonyl (C=O) groups excluding carboxylic acids is 1. The number of rotatable bonds is 9. The van der Waals surface area contributed by atoms with Crippen molar-refractivity contribution in [1.29, 1.82) is 0 Å². The zero-order valence-corrected chi connectivity index (χ0v) is 26.2. The van der Waals surface area contributed by atoms with Gasteiger partial charge in [-0.3, -0.25) is 9.69 Å². The van der Waals surface area contributed by atoms with E-state index in [9.17, 15) is 27.9 Å². The molecular formula is C38H32F3N5O3. The largest absolute Gasteiger partial charge is 0.465 e. The maximum atomic E-state index is 13.8. The molecule has 1 aliphatic carbocycles. The Kier molecular flexibility index (Phi) is 8.29. The van der Waals surface area contributed by atoms with Crippen LogP contribution in [0.15, 0.2) is 109 Å². The van der Waals surface area contributed by atoms with Gasteiger partial charge in [0.05, 0.1) is 11.7 Å². The number of anilines is 1. The van der Waals surface area contributed by atoms with Gasteiger partial charge in [-0.05, 0) is 87.3 Å². The Morgan fingerprint density at radius 3 is 2.33 bits per heavy atom. The molecule has 6 aromatic rings. The van der Waals surface area contributed by atoms with Crippen molar-refractivity contribution in [2.45, 2.75) is 31.6 Å². The fourth-order valence-corrected chi connectivity index (χ4v) is 6.38. The molecule has 1 saturated carbocycles. The number of aromatic nitrogens is 2. The van der Waals surface area contributed by atoms with Gasteiger partial charge in [0.2, 0.25) is 0 Å². The summed E-state index contributed by atoms with van der Waals surface area (Å²) in [4.78, 5) is 28.1. The summed E-state index contributed by atoms with van der Waals surface area (Å²) in [6, 6.07) is 31.0. The minimum absolute atomic E-state index is 0.150. The molecule has 0 spiro atoms. The fourth-order valence-electron chi connectivity index (χ4n) is 6.38. The third-order valence-electron chi connectivity index (χ3n) is 8.89. The maximum Gasteiger partial charge on any atom is 0.435 e. The van der Waals surface area contributed by atoms with E-state index in [0.29, 0.717) is 23.7 Å². The lowest BCUT2D eigenvalue weighted by Crippen LogP contribution is -2.36. The first-order valence-electron chi connectivity index (χ1n) is 15.9. The average Bonchev–Trinajstić information content (AvgIpc) is 3.80. The third-order valence-corrected chi connectivity index (χ3v) is 8.89. The number of hydrogen-bond acceptors (Lipinski definition) is 4. The number of fused-ring (bicyclic) bond motifs is 3. The first-order chi connectivity index (χ1) is 23.6. The molecule has 5 aromatic carbocycles. The molecule has 1 heterocycles. The Labute approximate surface area is 279 Å². The van der Waals surface area contributed by atoms with Crippen molar-refractivity contribution in [2.24, 2.45) is 11.7 Å². The summed E-state index contributed by atoms with van der Waals surface area (Å²) < 4.78 is 42.4. The topological polar surface area (TPSA) is 113 Å². The quantitative estimate of drug-likeness (QED) is 0.135. The highest BCUT2D eigenvalue weighted by atomic mass is 19.4. The van der Waals surface area contributed by atoms with E-state index < -0.39 is 29.9 Å². The smallest absolute Gasteiger partial charge is 0.435 e. The molecule has 0 radical (unpaired) electrons. The Morgan fingerprint density at radius 1 is 0.898 bits per heavy atom. The molecule has 1 fully saturated rings. The predicted molar refractivity (Wildman–Crippen MR) is 182 cm³/mol. The minimum Gasteiger partial charge on any atom is -0.465 e. The zero-order chi connectivity index (χ0) is 34.3. The first kappa shape index (κ1) is 31.9. The van der Waals surface area contributed by atoms with Crippen LogP contribution in [0.25, 0.3) is 27.2 Å². The lowest BCUT2D eigenvalue weighted by atomic mass is 9.89. The predicted octanol–water partition coefficient (Wildman–Crippen LogP) is 8.39. The van der Waals surface area contributed by atoms with E-state index in [1.807, 2.05) is 54.6 Å². The number of nitrogens with one attached hydrogen (secondary N) is 1. The molecule has 7 rings (SSSR count). The van der Waals surface area contributed by atoms with Crippen molar-refractivity contribution in [3.05, 3.63) is 137 Å². The third kappa shape index (κ3) is 6.44. The summed E-state index contributed by atoms with van der Waals surface area (Å²) in [5.41, 5.74) is 6.77. The molecule has 4 N–H and O–H groups in total. The maximum absolute atomic E-state index is 13.8. The normalized spacial score (nSPS) is 13.8. The van der Waals surface area contributed by atoms with Gasteiger partial charge >= 0.3 is 12.3 Å². The van der Waals surface area contributed by atoms with Gasteiger partial charge in [0.25, 0.3) is 5.91 Å². The number of hydrogen-bond donors (Lipinski definition) is 3. The van der Waals surface area contributed by atoms with Gasteiger partial charge in [0.1, 0.15) is 5.69 Å². The molecule has 49 heavy (non-hydrogen) atoms. The van der Waals surface area contributed by atoms with Crippen molar-refractivity contribution in [3.63, 3.8) is 0 Å². The Bertz CT molecular complexity index is 2210. The van der Waals surface area contributed by atoms with E-state index in [2.05, 4.69) is 10.4 Å². The van der Waals surface area contributed by atoms with Crippen LogP contribution in [-0.2, 0) is 12.7 Å². The molecule has 1 aliphatic rings. The fraction of sp³-hybridized carbons (Fsp3) is 0.184. The number of amides is 2. The van der Waals surface area contributed by atoms with Crippen molar-refractivity contribution in [3.8, 4) is 5.69 Å². The van der Waals surface area contributed by atoms with Crippen molar-refractivity contribution in [2.75, 3.05) is 11.9 Å². The molecule has 0 bridgehead atoms. The van der Waals surface area contributed by atoms with Crippen LogP contribution >= 0.6 is 0 Å². The summed E-state index contributed by atoms with van der Waals surface area (Å²) in [7, 11) is 0. The molecule has 11 heteroatoms. The summed E-state index contributed by atoms with van der Waals surface area (Å²) in [5.74, 6) is -0.576. The SMILES string of the molecule is NCc1cccc(-n2nc(C(F)(F)F)cc2C(=O)Nc2cccc(C(c3cc4ccccc4c4ccccc34)N(CC3CC3)C(=O)O)c2)c1. The Morgan fingerprint density at radius 2 is 1.61 bits per heavy atom. The molecule has 0 saturated heterocycles. The highest BCUT2D eigenvalue weighted by Gasteiger charge is 2.37. The number of alkyl halides is 3. The van der Waals surface area contributed by atoms with Crippen LogP contribution < -0.4 is 11.1 Å². The van der Waals surface area contributed by atoms with Gasteiger partial charge in [-0.25, -0.2) is 9.48 Å². The van der Waals surface area contributed by atoms with Crippen LogP contribution in [0.2, 0.25) is 0 Å². The van der Waals surface area contributed by atoms with Crippen LogP contribution in [-0.4, -0.2) is 38.3 Å². The van der Waals surface area contributed by atoms with Crippen molar-refractivity contribution >= 4 is 39.2 Å². The van der Waals surface area contributed by atoms with Gasteiger partial charge < -0.3 is 16.2 Å². The summed E-state index contributed by atoms with van der Waals surface area (Å²) in [6.07, 6.45) is -3.99. The van der Waals surface area contributed by atoms with Crippen LogP contribution in [0.4, 0.5) is 23.7 Å². The van der Waals surface area contributed by atoms with E-state index in [4.69, 9.17) is 5.73 Å². The highest BCUT2D eigenvalue weighted by molar-refractivity contribution is 6.09. The van der Waals surface area contributed by atoms with Gasteiger partial charge in [0, 0.05) is 24.8 Å². The van der Waals surface area contributed by atoms with Crippen LogP contribution in [0.1, 0.15) is 51.8 Å². The van der Waals surface area contributed by atoms with Crippen molar-refractivity contribution < 1.29 is 27.9 Å². The van der Waals surface area contributed by atoms with Crippen molar-refractivity contribution in [1.82, 2.24) is 14.7 Å². The minimum atomic E-state index is -4.79. The molecule has 1 unspecified atom stereocenters. The summed E-state index contributed by atoms with van der Waals surface area (Å²) in [6.45, 7) is 0.482. The number of nitrogens with two attached hydrogens (primary N) is 1. The second-order valence-electron chi connectivity index (χ2n) is 12.3. The number of nitrogens with zero attached hydrogens (tertiary/aromatic N) is 3. The number of benzene rings is 5. The van der Waals surface area contributed by atoms with E-state index >= 15 is 0 Å². The van der Waals surface area contributed by atoms with Gasteiger partial charge in [-0.15, -0.1) is 0 Å². The first-order valence-corrected chi connectivity index (χ1v) is 15.9. The molecule has 8 nitrogen and oxygen atoms in total. The van der Waals surface area contributed by atoms with E-state index in [-0.39, 0.29) is 29.5 Å². The number of carbonyl (C=O) groups is 2. The van der Waals surface area contributed by atoms with Gasteiger partial charge in [-0.1, -0.05) is 72.8 Å². The molecule has 0 aliphatic heterocycles. The summed E-state index contributed by atoms with van der Waals surface area (Å²) in [5, 5.41) is 20.9. The lowest BCUT2D eigenvalue weighted by Gasteiger charge is -2.32. The second-order valence-corrected chi connectivity index (χ2v) is 12.3. The Hall–Kier alpha value is -5.68. The summed E-state index contributed by atoms with van der Waals surface area (Å²) >= 11 is 0. The van der Waals surface area contributed by atoms with E-state index in [0.717, 1.165) is 44.6 Å². The van der Waals surface area contributed by atoms with Gasteiger partial charge in [-0.2, -0.15) is 18.3 Å². The van der Waals surface area contributed by atoms with Gasteiger partial charge in [0.15, 0.2) is 5.69 Å². The van der Waals surface area contributed by atoms with Crippen LogP contribution in [0, 0.1) is 5.92 Å². The molecule has 248 valence electrons. The number of carboxylic acid groups (broad SMARTS) is 1. The molecule has 2 amide bonds. The van der Waals surface area contributed by atoms with E-state index in [1.165, 1.54) is 4.90 Å². The van der Waals surface area contributed by atoms with Crippen LogP contribution in [0.5, 0.6) is 0 Å². The second kappa shape index (κ2) is 12.7. The number of halogens is 3.